The first kappa shape index (κ1) is 13.3. The van der Waals surface area contributed by atoms with Gasteiger partial charge in [0.25, 0.3) is 0 Å². The highest BCUT2D eigenvalue weighted by Gasteiger charge is 2.13. The topological polar surface area (TPSA) is 63.3 Å². The third-order valence-electron chi connectivity index (χ3n) is 2.70. The van der Waals surface area contributed by atoms with Gasteiger partial charge in [-0.3, -0.25) is 0 Å². The predicted octanol–water partition coefficient (Wildman–Crippen LogP) is 3.63. The second-order valence-electron chi connectivity index (χ2n) is 5.82. The van der Waals surface area contributed by atoms with Crippen molar-refractivity contribution >= 4 is 5.97 Å². The van der Waals surface area contributed by atoms with Gasteiger partial charge in [-0.2, -0.15) is 0 Å². The third-order valence-corrected chi connectivity index (χ3v) is 2.70. The van der Waals surface area contributed by atoms with Gasteiger partial charge in [-0.05, 0) is 17.4 Å². The van der Waals surface area contributed by atoms with Crippen LogP contribution in [0.5, 0.6) is 0 Å². The monoisotopic (exact) mass is 259 g/mol. The van der Waals surface area contributed by atoms with Crippen LogP contribution in [0.1, 0.15) is 36.8 Å². The fraction of sp³-hybridized carbons (Fsp3) is 0.333. The lowest BCUT2D eigenvalue weighted by molar-refractivity contribution is 0.0686. The highest BCUT2D eigenvalue weighted by molar-refractivity contribution is 5.86. The van der Waals surface area contributed by atoms with Crippen LogP contribution >= 0.6 is 0 Å². The van der Waals surface area contributed by atoms with Crippen molar-refractivity contribution in [3.05, 3.63) is 41.6 Å². The van der Waals surface area contributed by atoms with E-state index < -0.39 is 5.97 Å². The van der Waals surface area contributed by atoms with Crippen LogP contribution in [0.3, 0.4) is 0 Å². The molecule has 0 saturated carbocycles. The fourth-order valence-electron chi connectivity index (χ4n) is 1.91. The lowest BCUT2D eigenvalue weighted by Crippen LogP contribution is -2.08. The average Bonchev–Trinajstić information content (AvgIpc) is 2.77. The normalized spacial score (nSPS) is 11.5. The smallest absolute Gasteiger partial charge is 0.358 e. The van der Waals surface area contributed by atoms with Crippen LogP contribution in [-0.2, 0) is 6.42 Å². The van der Waals surface area contributed by atoms with Gasteiger partial charge in [-0.25, -0.2) is 4.79 Å². The van der Waals surface area contributed by atoms with Crippen LogP contribution in [-0.4, -0.2) is 16.2 Å². The van der Waals surface area contributed by atoms with Crippen LogP contribution in [0.25, 0.3) is 11.3 Å². The summed E-state index contributed by atoms with van der Waals surface area (Å²) in [6.45, 7) is 6.57. The van der Waals surface area contributed by atoms with Gasteiger partial charge in [0.15, 0.2) is 11.5 Å². The van der Waals surface area contributed by atoms with E-state index in [1.54, 1.807) is 0 Å². The molecule has 0 amide bonds. The molecular weight excluding hydrogens is 242 g/mol. The standard InChI is InChI=1S/C15H17NO3/c1-15(2,3)9-10-4-6-11(7-5-10)13-8-12(14(17)18)16-19-13/h4-8H,9H2,1-3H3,(H,17,18). The second kappa shape index (κ2) is 4.88. The molecule has 0 saturated heterocycles. The molecule has 0 radical (unpaired) electrons. The summed E-state index contributed by atoms with van der Waals surface area (Å²) in [7, 11) is 0. The van der Waals surface area contributed by atoms with Crippen molar-refractivity contribution < 1.29 is 14.4 Å². The molecule has 0 fully saturated rings. The highest BCUT2D eigenvalue weighted by Crippen LogP contribution is 2.24. The Labute approximate surface area is 112 Å². The van der Waals surface area contributed by atoms with Crippen molar-refractivity contribution in [2.24, 2.45) is 5.41 Å². The minimum Gasteiger partial charge on any atom is -0.476 e. The minimum absolute atomic E-state index is 0.0752. The Hall–Kier alpha value is -2.10. The van der Waals surface area contributed by atoms with Gasteiger partial charge in [0.05, 0.1) is 0 Å². The number of nitrogens with zero attached hydrogens (tertiary/aromatic N) is 1. The van der Waals surface area contributed by atoms with Crippen molar-refractivity contribution in [1.82, 2.24) is 5.16 Å². The van der Waals surface area contributed by atoms with Gasteiger partial charge < -0.3 is 9.63 Å². The Kier molecular flexibility index (Phi) is 3.42. The maximum absolute atomic E-state index is 10.7. The summed E-state index contributed by atoms with van der Waals surface area (Å²) >= 11 is 0. The maximum Gasteiger partial charge on any atom is 0.358 e. The molecule has 2 rings (SSSR count). The van der Waals surface area contributed by atoms with Gasteiger partial charge in [0.2, 0.25) is 0 Å². The van der Waals surface area contributed by atoms with E-state index in [0.29, 0.717) is 5.76 Å². The molecule has 100 valence electrons. The molecule has 0 unspecified atom stereocenters. The number of hydrogen-bond donors (Lipinski definition) is 1. The largest absolute Gasteiger partial charge is 0.476 e. The third kappa shape index (κ3) is 3.44. The predicted molar refractivity (Wildman–Crippen MR) is 72.1 cm³/mol. The number of aromatic carboxylic acids is 1. The fourth-order valence-corrected chi connectivity index (χ4v) is 1.91. The van der Waals surface area contributed by atoms with E-state index in [0.717, 1.165) is 12.0 Å². The van der Waals surface area contributed by atoms with E-state index in [2.05, 4.69) is 25.9 Å². The number of carboxylic acid groups (broad SMARTS) is 1. The summed E-state index contributed by atoms with van der Waals surface area (Å²) in [5.74, 6) is -0.612. The number of carbonyl (C=O) groups is 1. The molecule has 1 N–H and O–H groups in total. The van der Waals surface area contributed by atoms with Crippen LogP contribution in [0.2, 0.25) is 0 Å². The van der Waals surface area contributed by atoms with Gasteiger partial charge in [0.1, 0.15) is 0 Å². The lowest BCUT2D eigenvalue weighted by atomic mass is 9.88. The van der Waals surface area contributed by atoms with Crippen LogP contribution in [0.4, 0.5) is 0 Å². The molecule has 2 aromatic rings. The number of aromatic nitrogens is 1. The van der Waals surface area contributed by atoms with Crippen molar-refractivity contribution in [2.75, 3.05) is 0 Å². The molecule has 1 aromatic carbocycles. The Balaban J connectivity index is 2.20. The number of benzene rings is 1. The second-order valence-corrected chi connectivity index (χ2v) is 5.82. The zero-order chi connectivity index (χ0) is 14.0. The first-order valence-corrected chi connectivity index (χ1v) is 6.14. The van der Waals surface area contributed by atoms with Crippen molar-refractivity contribution in [3.63, 3.8) is 0 Å². The van der Waals surface area contributed by atoms with Crippen molar-refractivity contribution in [2.45, 2.75) is 27.2 Å². The molecule has 4 nitrogen and oxygen atoms in total. The Morgan fingerprint density at radius 1 is 1.26 bits per heavy atom. The zero-order valence-corrected chi connectivity index (χ0v) is 11.3. The van der Waals surface area contributed by atoms with Gasteiger partial charge in [-0.1, -0.05) is 50.2 Å². The maximum atomic E-state index is 10.7. The van der Waals surface area contributed by atoms with E-state index in [-0.39, 0.29) is 11.1 Å². The summed E-state index contributed by atoms with van der Waals surface area (Å²) in [5, 5.41) is 12.3. The molecule has 0 aliphatic carbocycles. The van der Waals surface area contributed by atoms with Crippen LogP contribution < -0.4 is 0 Å². The molecule has 0 aliphatic rings. The lowest BCUT2D eigenvalue weighted by Gasteiger charge is -2.17. The molecular formula is C15H17NO3. The average molecular weight is 259 g/mol. The van der Waals surface area contributed by atoms with E-state index >= 15 is 0 Å². The first-order chi connectivity index (χ1) is 8.85. The Morgan fingerprint density at radius 2 is 1.89 bits per heavy atom. The number of hydrogen-bond acceptors (Lipinski definition) is 3. The number of carboxylic acids is 1. The summed E-state index contributed by atoms with van der Waals surface area (Å²) in [6.07, 6.45) is 0.990. The van der Waals surface area contributed by atoms with Gasteiger partial charge in [0, 0.05) is 11.6 Å². The zero-order valence-electron chi connectivity index (χ0n) is 11.3. The van der Waals surface area contributed by atoms with E-state index in [1.165, 1.54) is 11.6 Å². The SMILES string of the molecule is CC(C)(C)Cc1ccc(-c2cc(C(=O)O)no2)cc1. The van der Waals surface area contributed by atoms with E-state index in [9.17, 15) is 4.79 Å². The molecule has 1 heterocycles. The quantitative estimate of drug-likeness (QED) is 0.914. The summed E-state index contributed by atoms with van der Waals surface area (Å²) in [6, 6.07) is 9.34. The minimum atomic E-state index is -1.08. The van der Waals surface area contributed by atoms with Crippen LogP contribution in [0, 0.1) is 5.41 Å². The summed E-state index contributed by atoms with van der Waals surface area (Å²) in [4.78, 5) is 10.7. The molecule has 4 heteroatoms. The molecule has 1 aromatic heterocycles. The van der Waals surface area contributed by atoms with E-state index in [1.807, 2.05) is 24.3 Å². The molecule has 0 spiro atoms. The summed E-state index contributed by atoms with van der Waals surface area (Å²) < 4.78 is 5.02. The van der Waals surface area contributed by atoms with E-state index in [4.69, 9.17) is 9.63 Å². The number of rotatable bonds is 3. The summed E-state index contributed by atoms with van der Waals surface area (Å²) in [5.41, 5.74) is 2.24. The van der Waals surface area contributed by atoms with Crippen LogP contribution in [0.15, 0.2) is 34.9 Å². The molecule has 0 atom stereocenters. The highest BCUT2D eigenvalue weighted by atomic mass is 16.5. The van der Waals surface area contributed by atoms with Crippen molar-refractivity contribution in [1.29, 1.82) is 0 Å². The first-order valence-electron chi connectivity index (χ1n) is 6.14. The Bertz CT molecular complexity index is 576. The molecule has 0 bridgehead atoms. The van der Waals surface area contributed by atoms with Crippen molar-refractivity contribution in [3.8, 4) is 11.3 Å². The van der Waals surface area contributed by atoms with Gasteiger partial charge in [-0.15, -0.1) is 0 Å². The Morgan fingerprint density at radius 3 is 2.37 bits per heavy atom. The van der Waals surface area contributed by atoms with Gasteiger partial charge >= 0.3 is 5.97 Å². The molecule has 19 heavy (non-hydrogen) atoms. The molecule has 0 aliphatic heterocycles.